The first-order valence-corrected chi connectivity index (χ1v) is 6.86. The molecule has 0 aliphatic rings. The normalized spacial score (nSPS) is 12.3. The summed E-state index contributed by atoms with van der Waals surface area (Å²) < 4.78 is 4.84. The van der Waals surface area contributed by atoms with Gasteiger partial charge in [0.2, 0.25) is 5.91 Å². The molecule has 0 saturated carbocycles. The second kappa shape index (κ2) is 8.56. The van der Waals surface area contributed by atoms with Crippen molar-refractivity contribution in [3.05, 3.63) is 0 Å². The maximum Gasteiger partial charge on any atom is 0.335 e. The van der Waals surface area contributed by atoms with Crippen molar-refractivity contribution in [1.82, 2.24) is 16.2 Å². The van der Waals surface area contributed by atoms with Crippen LogP contribution < -0.4 is 16.2 Å². The Labute approximate surface area is 126 Å². The Hall–Kier alpha value is -1.70. The molecule has 0 bridgehead atoms. The fourth-order valence-electron chi connectivity index (χ4n) is 1.18. The molecule has 0 spiro atoms. The van der Waals surface area contributed by atoms with Crippen LogP contribution in [0.1, 0.15) is 47.5 Å². The van der Waals surface area contributed by atoms with Crippen LogP contribution in [0.25, 0.3) is 0 Å². The number of nitrogens with one attached hydrogen (secondary N) is 3. The SMILES string of the molecule is COCCCC(=O)NNC(=O)NC(C)(C)/N=N/C(C)(C)C. The molecule has 3 amide bonds. The van der Waals surface area contributed by atoms with Gasteiger partial charge < -0.3 is 10.1 Å². The number of rotatable bonds is 6. The standard InChI is InChI=1S/C13H27N5O3/c1-12(2,3)17-18-13(4,5)14-11(20)16-15-10(19)8-7-9-21-6/h7-9H2,1-6H3,(H,15,19)(H2,14,16,20)/b18-17+. The molecule has 0 radical (unpaired) electrons. The van der Waals surface area contributed by atoms with E-state index in [-0.39, 0.29) is 17.9 Å². The number of nitrogens with zero attached hydrogens (tertiary/aromatic N) is 2. The van der Waals surface area contributed by atoms with Gasteiger partial charge in [-0.05, 0) is 41.0 Å². The molecule has 0 aliphatic carbocycles. The van der Waals surface area contributed by atoms with Gasteiger partial charge in [-0.3, -0.25) is 10.2 Å². The lowest BCUT2D eigenvalue weighted by atomic mass is 10.1. The fourth-order valence-corrected chi connectivity index (χ4v) is 1.18. The Morgan fingerprint density at radius 2 is 1.67 bits per heavy atom. The van der Waals surface area contributed by atoms with Gasteiger partial charge in [0.15, 0.2) is 0 Å². The lowest BCUT2D eigenvalue weighted by Gasteiger charge is -2.22. The van der Waals surface area contributed by atoms with Crippen molar-refractivity contribution in [2.24, 2.45) is 10.2 Å². The molecule has 122 valence electrons. The van der Waals surface area contributed by atoms with Gasteiger partial charge in [0, 0.05) is 20.1 Å². The lowest BCUT2D eigenvalue weighted by Crippen LogP contribution is -2.52. The Kier molecular flexibility index (Phi) is 7.86. The first-order valence-electron chi connectivity index (χ1n) is 6.86. The van der Waals surface area contributed by atoms with Crippen LogP contribution in [0.4, 0.5) is 4.79 Å². The molecule has 0 saturated heterocycles. The number of hydrogen-bond donors (Lipinski definition) is 3. The Balaban J connectivity index is 4.13. The van der Waals surface area contributed by atoms with Crippen LogP contribution in [0.5, 0.6) is 0 Å². The van der Waals surface area contributed by atoms with E-state index < -0.39 is 11.7 Å². The van der Waals surface area contributed by atoms with Gasteiger partial charge >= 0.3 is 6.03 Å². The van der Waals surface area contributed by atoms with Crippen LogP contribution >= 0.6 is 0 Å². The number of azo groups is 1. The molecular weight excluding hydrogens is 274 g/mol. The summed E-state index contributed by atoms with van der Waals surface area (Å²) in [4.78, 5) is 23.0. The van der Waals surface area contributed by atoms with Crippen molar-refractivity contribution in [2.45, 2.75) is 58.7 Å². The average molecular weight is 301 g/mol. The minimum Gasteiger partial charge on any atom is -0.385 e. The summed E-state index contributed by atoms with van der Waals surface area (Å²) in [6.45, 7) is 9.65. The van der Waals surface area contributed by atoms with E-state index in [9.17, 15) is 9.59 Å². The maximum atomic E-state index is 11.7. The fraction of sp³-hybridized carbons (Fsp3) is 0.846. The molecule has 0 heterocycles. The molecule has 21 heavy (non-hydrogen) atoms. The highest BCUT2D eigenvalue weighted by Gasteiger charge is 2.21. The van der Waals surface area contributed by atoms with E-state index in [0.717, 1.165) is 0 Å². The summed E-state index contributed by atoms with van der Waals surface area (Å²) >= 11 is 0. The highest BCUT2D eigenvalue weighted by Crippen LogP contribution is 2.12. The molecule has 0 aromatic carbocycles. The van der Waals surface area contributed by atoms with Crippen LogP contribution in [0, 0.1) is 0 Å². The van der Waals surface area contributed by atoms with Crippen LogP contribution in [0.3, 0.4) is 0 Å². The van der Waals surface area contributed by atoms with Gasteiger partial charge in [0.1, 0.15) is 5.66 Å². The molecule has 0 aliphatic heterocycles. The minimum atomic E-state index is -0.863. The Bertz CT molecular complexity index is 374. The van der Waals surface area contributed by atoms with Crippen molar-refractivity contribution >= 4 is 11.9 Å². The highest BCUT2D eigenvalue weighted by molar-refractivity contribution is 5.81. The predicted octanol–water partition coefficient (Wildman–Crippen LogP) is 1.73. The van der Waals surface area contributed by atoms with Crippen molar-refractivity contribution in [2.75, 3.05) is 13.7 Å². The van der Waals surface area contributed by atoms with Crippen molar-refractivity contribution in [3.8, 4) is 0 Å². The average Bonchev–Trinajstić information content (AvgIpc) is 2.33. The summed E-state index contributed by atoms with van der Waals surface area (Å²) in [7, 11) is 1.57. The number of ether oxygens (including phenoxy) is 1. The number of methoxy groups -OCH3 is 1. The Morgan fingerprint density at radius 1 is 1.05 bits per heavy atom. The third-order valence-electron chi connectivity index (χ3n) is 2.09. The zero-order valence-electron chi connectivity index (χ0n) is 13.7. The Morgan fingerprint density at radius 3 is 2.19 bits per heavy atom. The smallest absolute Gasteiger partial charge is 0.335 e. The monoisotopic (exact) mass is 301 g/mol. The van der Waals surface area contributed by atoms with E-state index in [1.165, 1.54) is 0 Å². The van der Waals surface area contributed by atoms with Crippen LogP contribution in [0.15, 0.2) is 10.2 Å². The van der Waals surface area contributed by atoms with Crippen molar-refractivity contribution < 1.29 is 14.3 Å². The zero-order valence-corrected chi connectivity index (χ0v) is 13.7. The summed E-state index contributed by atoms with van der Waals surface area (Å²) in [5.74, 6) is -0.281. The van der Waals surface area contributed by atoms with Gasteiger partial charge in [-0.2, -0.15) is 10.2 Å². The number of hydrazine groups is 1. The second-order valence-electron chi connectivity index (χ2n) is 6.15. The van der Waals surface area contributed by atoms with Crippen molar-refractivity contribution in [1.29, 1.82) is 0 Å². The van der Waals surface area contributed by atoms with Crippen molar-refractivity contribution in [3.63, 3.8) is 0 Å². The zero-order chi connectivity index (χ0) is 16.5. The molecule has 3 N–H and O–H groups in total. The molecular formula is C13H27N5O3. The van der Waals surface area contributed by atoms with Gasteiger partial charge in [0.25, 0.3) is 0 Å². The third-order valence-corrected chi connectivity index (χ3v) is 2.09. The number of hydrogen-bond acceptors (Lipinski definition) is 5. The number of carbonyl (C=O) groups excluding carboxylic acids is 2. The van der Waals surface area contributed by atoms with E-state index in [1.54, 1.807) is 21.0 Å². The van der Waals surface area contributed by atoms with Crippen LogP contribution in [-0.2, 0) is 9.53 Å². The molecule has 0 fully saturated rings. The first-order chi connectivity index (χ1) is 9.56. The quantitative estimate of drug-likeness (QED) is 0.395. The number of urea groups is 1. The maximum absolute atomic E-state index is 11.7. The predicted molar refractivity (Wildman–Crippen MR) is 79.6 cm³/mol. The van der Waals surface area contributed by atoms with Crippen LogP contribution in [-0.4, -0.2) is 36.9 Å². The second-order valence-corrected chi connectivity index (χ2v) is 6.15. The van der Waals surface area contributed by atoms with Gasteiger partial charge in [-0.1, -0.05) is 0 Å². The lowest BCUT2D eigenvalue weighted by molar-refractivity contribution is -0.122. The molecule has 8 heteroatoms. The minimum absolute atomic E-state index is 0.279. The summed E-state index contributed by atoms with van der Waals surface area (Å²) in [5, 5.41) is 10.8. The highest BCUT2D eigenvalue weighted by atomic mass is 16.5. The first kappa shape index (κ1) is 19.3. The molecule has 0 unspecified atom stereocenters. The molecule has 0 aromatic heterocycles. The number of amides is 3. The van der Waals surface area contributed by atoms with Gasteiger partial charge in [0.05, 0.1) is 5.54 Å². The largest absolute Gasteiger partial charge is 0.385 e. The van der Waals surface area contributed by atoms with Gasteiger partial charge in [-0.15, -0.1) is 0 Å². The van der Waals surface area contributed by atoms with E-state index in [1.807, 2.05) is 20.8 Å². The topological polar surface area (TPSA) is 104 Å². The molecule has 0 atom stereocenters. The van der Waals surface area contributed by atoms with Crippen LogP contribution in [0.2, 0.25) is 0 Å². The van der Waals surface area contributed by atoms with Gasteiger partial charge in [-0.25, -0.2) is 10.2 Å². The van der Waals surface area contributed by atoms with E-state index in [4.69, 9.17) is 4.74 Å². The molecule has 8 nitrogen and oxygen atoms in total. The van der Waals surface area contributed by atoms with E-state index in [2.05, 4.69) is 26.4 Å². The molecule has 0 rings (SSSR count). The third kappa shape index (κ3) is 11.8. The van der Waals surface area contributed by atoms with E-state index in [0.29, 0.717) is 13.0 Å². The summed E-state index contributed by atoms with van der Waals surface area (Å²) in [6, 6.07) is -0.548. The molecule has 0 aromatic rings. The summed E-state index contributed by atoms with van der Waals surface area (Å²) in [6.07, 6.45) is 0.873. The summed E-state index contributed by atoms with van der Waals surface area (Å²) in [5.41, 5.74) is 3.40. The van der Waals surface area contributed by atoms with E-state index >= 15 is 0 Å². The number of carbonyl (C=O) groups is 2.